The summed E-state index contributed by atoms with van der Waals surface area (Å²) < 4.78 is 23.8. The summed E-state index contributed by atoms with van der Waals surface area (Å²) in [5.74, 6) is 0.561. The van der Waals surface area contributed by atoms with E-state index in [1.165, 1.54) is 0 Å². The smallest absolute Gasteiger partial charge is 0.117 e. The van der Waals surface area contributed by atoms with Gasteiger partial charge in [-0.1, -0.05) is 0 Å². The van der Waals surface area contributed by atoms with E-state index in [1.807, 2.05) is 0 Å². The summed E-state index contributed by atoms with van der Waals surface area (Å²) in [4.78, 5) is 0. The van der Waals surface area contributed by atoms with Crippen LogP contribution >= 0.6 is 25.3 Å². The number of hydrogen-bond acceptors (Lipinski definition) is 5. The number of hydrogen-bond donors (Lipinski definition) is 2. The third-order valence-electron chi connectivity index (χ3n) is 0.566. The zero-order valence-corrected chi connectivity index (χ0v) is 7.12. The van der Waals surface area contributed by atoms with Crippen LogP contribution in [-0.2, 0) is 15.5 Å². The molecule has 0 N–H and O–H groups in total. The van der Waals surface area contributed by atoms with Crippen molar-refractivity contribution in [2.45, 2.75) is 11.9 Å². The van der Waals surface area contributed by atoms with E-state index >= 15 is 0 Å². The Labute approximate surface area is 67.5 Å². The molecule has 0 radical (unpaired) electrons. The first-order chi connectivity index (χ1) is 4.16. The summed E-state index contributed by atoms with van der Waals surface area (Å²) in [6, 6.07) is 0. The normalized spacial score (nSPS) is 17.2. The van der Waals surface area contributed by atoms with Crippen molar-refractivity contribution in [3.63, 3.8) is 0 Å². The Bertz CT molecular complexity index is 96.3. The first kappa shape index (κ1) is 9.77. The zero-order chi connectivity index (χ0) is 7.28. The summed E-state index contributed by atoms with van der Waals surface area (Å²) in [7, 11) is 0. The molecule has 0 aliphatic carbocycles. The van der Waals surface area contributed by atoms with E-state index in [2.05, 4.69) is 29.4 Å². The van der Waals surface area contributed by atoms with Gasteiger partial charge in [0.25, 0.3) is 0 Å². The Morgan fingerprint density at radius 3 is 2.67 bits per heavy atom. The van der Waals surface area contributed by atoms with Gasteiger partial charge in [-0.2, -0.15) is 12.6 Å². The Balaban J connectivity index is 3.26. The average molecular weight is 187 g/mol. The molecule has 2 unspecified atom stereocenters. The van der Waals surface area contributed by atoms with E-state index in [-0.39, 0.29) is 0 Å². The molecule has 0 saturated carbocycles. The van der Waals surface area contributed by atoms with Crippen molar-refractivity contribution in [3.8, 4) is 0 Å². The topological polar surface area (TPSA) is 49.4 Å². The molecule has 2 atom stereocenters. The number of thiol groups is 2. The molecular weight excluding hydrogens is 180 g/mol. The molecule has 0 aromatic heterocycles. The van der Waals surface area contributed by atoms with Gasteiger partial charge in [-0.05, 0) is 12.2 Å². The summed E-state index contributed by atoms with van der Waals surface area (Å²) in [5, 5.41) is 0. The molecule has 6 heteroatoms. The molecule has 0 aliphatic rings. The van der Waals surface area contributed by atoms with Crippen molar-refractivity contribution in [2.24, 2.45) is 0 Å². The summed E-state index contributed by atoms with van der Waals surface area (Å²) in [5.41, 5.74) is -0.555. The van der Waals surface area contributed by atoms with Gasteiger partial charge in [-0.3, -0.25) is 4.18 Å². The molecule has 0 aliphatic heterocycles. The van der Waals surface area contributed by atoms with E-state index in [0.717, 1.165) is 0 Å². The standard InChI is InChI=1S/C3H8O3S3/c4-9(5)6-3(8)1-2-7/h3,7-8H,1-2H2,(H,4,5)/p-1. The minimum Gasteiger partial charge on any atom is -0.750 e. The van der Waals surface area contributed by atoms with Crippen LogP contribution in [0.2, 0.25) is 0 Å². The highest BCUT2D eigenvalue weighted by molar-refractivity contribution is 7.82. The first-order valence-electron chi connectivity index (χ1n) is 2.22. The average Bonchev–Trinajstić information content (AvgIpc) is 1.63. The highest BCUT2D eigenvalue weighted by Crippen LogP contribution is 2.04. The van der Waals surface area contributed by atoms with E-state index in [1.54, 1.807) is 0 Å². The van der Waals surface area contributed by atoms with E-state index < -0.39 is 16.8 Å². The van der Waals surface area contributed by atoms with Gasteiger partial charge in [0.05, 0.1) is 11.4 Å². The fourth-order valence-electron chi connectivity index (χ4n) is 0.249. The van der Waals surface area contributed by atoms with Crippen LogP contribution in [0.25, 0.3) is 0 Å². The van der Waals surface area contributed by atoms with Gasteiger partial charge in [0, 0.05) is 0 Å². The first-order valence-corrected chi connectivity index (χ1v) is 4.37. The van der Waals surface area contributed by atoms with E-state index in [0.29, 0.717) is 12.2 Å². The largest absolute Gasteiger partial charge is 0.750 e. The SMILES string of the molecule is O=S([O-])OC(S)CCS. The molecule has 0 aromatic carbocycles. The Morgan fingerprint density at radius 2 is 2.33 bits per heavy atom. The van der Waals surface area contributed by atoms with Crippen molar-refractivity contribution in [1.29, 1.82) is 0 Å². The summed E-state index contributed by atoms with van der Waals surface area (Å²) >= 11 is 5.18. The van der Waals surface area contributed by atoms with Crippen LogP contribution in [0.15, 0.2) is 0 Å². The molecular formula is C3H7O3S3-. The van der Waals surface area contributed by atoms with Gasteiger partial charge >= 0.3 is 0 Å². The minimum atomic E-state index is -2.46. The van der Waals surface area contributed by atoms with Crippen molar-refractivity contribution in [2.75, 3.05) is 5.75 Å². The second-order valence-electron chi connectivity index (χ2n) is 1.27. The van der Waals surface area contributed by atoms with Crippen LogP contribution in [0.3, 0.4) is 0 Å². The van der Waals surface area contributed by atoms with Gasteiger partial charge in [-0.15, -0.1) is 12.6 Å². The second kappa shape index (κ2) is 5.55. The van der Waals surface area contributed by atoms with Crippen LogP contribution in [0, 0.1) is 0 Å². The fourth-order valence-corrected chi connectivity index (χ4v) is 1.30. The lowest BCUT2D eigenvalue weighted by Gasteiger charge is -2.10. The molecule has 0 rings (SSSR count). The molecule has 0 fully saturated rings. The van der Waals surface area contributed by atoms with E-state index in [4.69, 9.17) is 0 Å². The lowest BCUT2D eigenvalue weighted by atomic mass is 10.5. The minimum absolute atomic E-state index is 0.514. The third kappa shape index (κ3) is 6.66. The Hall–Kier alpha value is 0.770. The van der Waals surface area contributed by atoms with Crippen molar-refractivity contribution in [1.82, 2.24) is 0 Å². The molecule has 0 spiro atoms. The molecule has 0 heterocycles. The predicted molar refractivity (Wildman–Crippen MR) is 41.2 cm³/mol. The molecule has 3 nitrogen and oxygen atoms in total. The van der Waals surface area contributed by atoms with Gasteiger partial charge in [-0.25, -0.2) is 4.21 Å². The lowest BCUT2D eigenvalue weighted by Crippen LogP contribution is -2.07. The van der Waals surface area contributed by atoms with Gasteiger partial charge in [0.1, 0.15) is 5.44 Å². The van der Waals surface area contributed by atoms with Crippen molar-refractivity contribution in [3.05, 3.63) is 0 Å². The number of rotatable bonds is 4. The third-order valence-corrected chi connectivity index (χ3v) is 1.72. The highest BCUT2D eigenvalue weighted by atomic mass is 32.2. The van der Waals surface area contributed by atoms with E-state index in [9.17, 15) is 8.76 Å². The van der Waals surface area contributed by atoms with Crippen molar-refractivity contribution >= 4 is 36.6 Å². The van der Waals surface area contributed by atoms with Gasteiger partial charge < -0.3 is 4.55 Å². The van der Waals surface area contributed by atoms with Crippen molar-refractivity contribution < 1.29 is 12.9 Å². The van der Waals surface area contributed by atoms with Gasteiger partial charge in [0.15, 0.2) is 0 Å². The predicted octanol–water partition coefficient (Wildman–Crippen LogP) is 0.373. The summed E-state index contributed by atoms with van der Waals surface area (Å²) in [6.07, 6.45) is 0.514. The maximum absolute atomic E-state index is 9.79. The van der Waals surface area contributed by atoms with Crippen LogP contribution in [-0.4, -0.2) is 20.0 Å². The lowest BCUT2D eigenvalue weighted by molar-refractivity contribution is 0.276. The fraction of sp³-hybridized carbons (Fsp3) is 1.00. The zero-order valence-electron chi connectivity index (χ0n) is 4.52. The van der Waals surface area contributed by atoms with Gasteiger partial charge in [0.2, 0.25) is 0 Å². The molecule has 9 heavy (non-hydrogen) atoms. The Morgan fingerprint density at radius 1 is 1.78 bits per heavy atom. The monoisotopic (exact) mass is 187 g/mol. The highest BCUT2D eigenvalue weighted by Gasteiger charge is 1.99. The summed E-state index contributed by atoms with van der Waals surface area (Å²) in [6.45, 7) is 0. The van der Waals surface area contributed by atoms with Crippen LogP contribution in [0.4, 0.5) is 0 Å². The van der Waals surface area contributed by atoms with Crippen LogP contribution in [0.1, 0.15) is 6.42 Å². The molecule has 0 saturated heterocycles. The molecule has 0 amide bonds. The quantitative estimate of drug-likeness (QED) is 0.380. The second-order valence-corrected chi connectivity index (χ2v) is 2.89. The molecule has 0 bridgehead atoms. The van der Waals surface area contributed by atoms with Crippen LogP contribution < -0.4 is 0 Å². The van der Waals surface area contributed by atoms with Crippen LogP contribution in [0.5, 0.6) is 0 Å². The maximum Gasteiger partial charge on any atom is 0.117 e. The molecule has 56 valence electrons. The maximum atomic E-state index is 9.79. The Kier molecular flexibility index (Phi) is 6.02. The molecule has 0 aromatic rings.